The highest BCUT2D eigenvalue weighted by Gasteiger charge is 2.09. The Morgan fingerprint density at radius 2 is 2.00 bits per heavy atom. The van der Waals surface area contributed by atoms with E-state index in [1.54, 1.807) is 18.2 Å². The Kier molecular flexibility index (Phi) is 4.22. The van der Waals surface area contributed by atoms with Gasteiger partial charge in [-0.3, -0.25) is 10.8 Å². The van der Waals surface area contributed by atoms with Crippen molar-refractivity contribution in [2.75, 3.05) is 5.43 Å². The SMILES string of the molecule is N#C/C(=N\Nc1ccc(B(O)O)cc1)C(=N)N. The fraction of sp³-hybridized carbons (Fsp3) is 0. The number of anilines is 1. The number of hydrazone groups is 1. The van der Waals surface area contributed by atoms with Crippen LogP contribution in [-0.4, -0.2) is 28.7 Å². The van der Waals surface area contributed by atoms with Gasteiger partial charge in [-0.1, -0.05) is 12.1 Å². The van der Waals surface area contributed by atoms with E-state index in [9.17, 15) is 0 Å². The van der Waals surface area contributed by atoms with Crippen molar-refractivity contribution in [1.82, 2.24) is 0 Å². The predicted molar refractivity (Wildman–Crippen MR) is 64.9 cm³/mol. The summed E-state index contributed by atoms with van der Waals surface area (Å²) in [5, 5.41) is 37.0. The summed E-state index contributed by atoms with van der Waals surface area (Å²) in [6.07, 6.45) is 0. The van der Waals surface area contributed by atoms with Crippen LogP contribution in [0, 0.1) is 16.7 Å². The van der Waals surface area contributed by atoms with E-state index < -0.39 is 13.0 Å². The summed E-state index contributed by atoms with van der Waals surface area (Å²) in [7, 11) is -1.53. The second-order valence-corrected chi connectivity index (χ2v) is 3.09. The third kappa shape index (κ3) is 3.60. The van der Waals surface area contributed by atoms with Gasteiger partial charge in [0.15, 0.2) is 5.84 Å². The molecule has 86 valence electrons. The number of nitrogens with one attached hydrogen (secondary N) is 2. The number of benzene rings is 1. The molecule has 0 saturated heterocycles. The van der Waals surface area contributed by atoms with Crippen LogP contribution in [0.4, 0.5) is 5.69 Å². The Bertz CT molecular complexity index is 477. The largest absolute Gasteiger partial charge is 0.488 e. The van der Waals surface area contributed by atoms with Gasteiger partial charge >= 0.3 is 7.12 Å². The summed E-state index contributed by atoms with van der Waals surface area (Å²) < 4.78 is 0. The molecule has 8 heteroatoms. The van der Waals surface area contributed by atoms with Gasteiger partial charge in [0.25, 0.3) is 0 Å². The first-order chi connectivity index (χ1) is 8.04. The molecule has 0 aliphatic carbocycles. The number of nitrogens with zero attached hydrogens (tertiary/aromatic N) is 2. The van der Waals surface area contributed by atoms with Gasteiger partial charge in [0.1, 0.15) is 6.07 Å². The van der Waals surface area contributed by atoms with Crippen LogP contribution in [0.5, 0.6) is 0 Å². The molecule has 17 heavy (non-hydrogen) atoms. The smallest absolute Gasteiger partial charge is 0.423 e. The lowest BCUT2D eigenvalue weighted by Gasteiger charge is -2.03. The van der Waals surface area contributed by atoms with Gasteiger partial charge in [-0.15, -0.1) is 0 Å². The Balaban J connectivity index is 2.77. The zero-order chi connectivity index (χ0) is 12.8. The molecule has 0 fully saturated rings. The Morgan fingerprint density at radius 1 is 1.41 bits per heavy atom. The number of nitrogens with two attached hydrogens (primary N) is 1. The van der Waals surface area contributed by atoms with Gasteiger partial charge in [0.2, 0.25) is 5.71 Å². The monoisotopic (exact) mass is 231 g/mol. The van der Waals surface area contributed by atoms with Crippen LogP contribution in [0.15, 0.2) is 29.4 Å². The lowest BCUT2D eigenvalue weighted by Crippen LogP contribution is -2.29. The molecule has 0 radical (unpaired) electrons. The van der Waals surface area contributed by atoms with Crippen molar-refractivity contribution in [2.24, 2.45) is 10.8 Å². The minimum absolute atomic E-state index is 0.226. The molecular formula is C9H10BN5O2. The Morgan fingerprint density at radius 3 is 2.41 bits per heavy atom. The molecular weight excluding hydrogens is 221 g/mol. The highest BCUT2D eigenvalue weighted by molar-refractivity contribution is 6.58. The molecule has 0 unspecified atom stereocenters. The Labute approximate surface area is 97.8 Å². The quantitative estimate of drug-likeness (QED) is 0.187. The maximum Gasteiger partial charge on any atom is 0.488 e. The number of rotatable bonds is 4. The van der Waals surface area contributed by atoms with Gasteiger partial charge in [0.05, 0.1) is 5.69 Å². The Hall–Kier alpha value is -2.37. The molecule has 0 aliphatic heterocycles. The first-order valence-corrected chi connectivity index (χ1v) is 4.59. The molecule has 0 amide bonds. The highest BCUT2D eigenvalue weighted by atomic mass is 16.4. The number of hydrogen-bond acceptors (Lipinski definition) is 6. The van der Waals surface area contributed by atoms with Crippen molar-refractivity contribution in [2.45, 2.75) is 0 Å². The minimum Gasteiger partial charge on any atom is -0.423 e. The van der Waals surface area contributed by atoms with Crippen LogP contribution >= 0.6 is 0 Å². The normalized spacial score (nSPS) is 10.5. The molecule has 1 aromatic rings. The summed E-state index contributed by atoms with van der Waals surface area (Å²) >= 11 is 0. The average molecular weight is 231 g/mol. The van der Waals surface area contributed by atoms with Gasteiger partial charge < -0.3 is 15.8 Å². The van der Waals surface area contributed by atoms with Gasteiger partial charge in [-0.25, -0.2) is 0 Å². The van der Waals surface area contributed by atoms with Gasteiger partial charge in [-0.05, 0) is 17.6 Å². The van der Waals surface area contributed by atoms with E-state index >= 15 is 0 Å². The average Bonchev–Trinajstić information content (AvgIpc) is 2.30. The molecule has 0 atom stereocenters. The topological polar surface area (TPSA) is 139 Å². The van der Waals surface area contributed by atoms with Crippen molar-refractivity contribution in [3.8, 4) is 6.07 Å². The molecule has 0 spiro atoms. The third-order valence-electron chi connectivity index (χ3n) is 1.87. The van der Waals surface area contributed by atoms with Crippen LogP contribution in [0.2, 0.25) is 0 Å². The zero-order valence-electron chi connectivity index (χ0n) is 8.75. The maximum absolute atomic E-state index is 8.86. The van der Waals surface area contributed by atoms with Gasteiger partial charge in [0, 0.05) is 0 Å². The number of amidine groups is 1. The van der Waals surface area contributed by atoms with Crippen molar-refractivity contribution in [3.63, 3.8) is 0 Å². The molecule has 6 N–H and O–H groups in total. The molecule has 0 aromatic heterocycles. The summed E-state index contributed by atoms with van der Waals surface area (Å²) in [5.74, 6) is -0.428. The van der Waals surface area contributed by atoms with Crippen LogP contribution < -0.4 is 16.6 Å². The minimum atomic E-state index is -1.53. The molecule has 1 aromatic carbocycles. The summed E-state index contributed by atoms with van der Waals surface area (Å²) in [4.78, 5) is 0. The summed E-state index contributed by atoms with van der Waals surface area (Å²) in [6.45, 7) is 0. The van der Waals surface area contributed by atoms with E-state index in [1.165, 1.54) is 12.1 Å². The zero-order valence-corrected chi connectivity index (χ0v) is 8.75. The highest BCUT2D eigenvalue weighted by Crippen LogP contribution is 2.03. The summed E-state index contributed by atoms with van der Waals surface area (Å²) in [6, 6.07) is 7.73. The first-order valence-electron chi connectivity index (χ1n) is 4.59. The molecule has 0 heterocycles. The lowest BCUT2D eigenvalue weighted by atomic mass is 9.80. The molecule has 0 bridgehead atoms. The second-order valence-electron chi connectivity index (χ2n) is 3.09. The van der Waals surface area contributed by atoms with Crippen molar-refractivity contribution in [3.05, 3.63) is 24.3 Å². The van der Waals surface area contributed by atoms with E-state index in [4.69, 9.17) is 26.5 Å². The fourth-order valence-corrected chi connectivity index (χ4v) is 0.996. The van der Waals surface area contributed by atoms with E-state index in [1.807, 2.05) is 0 Å². The molecule has 7 nitrogen and oxygen atoms in total. The van der Waals surface area contributed by atoms with Crippen molar-refractivity contribution < 1.29 is 10.0 Å². The third-order valence-corrected chi connectivity index (χ3v) is 1.87. The van der Waals surface area contributed by atoms with Crippen LogP contribution in [-0.2, 0) is 0 Å². The first kappa shape index (κ1) is 12.7. The van der Waals surface area contributed by atoms with Crippen LogP contribution in [0.3, 0.4) is 0 Å². The van der Waals surface area contributed by atoms with E-state index in [0.717, 1.165) is 0 Å². The standard InChI is InChI=1S/C9H10BN5O2/c11-5-8(9(12)13)15-14-7-3-1-6(2-4-7)10(16)17/h1-4,14,16-17H,(H3,12,13)/b15-8+. The molecule has 1 rings (SSSR count). The van der Waals surface area contributed by atoms with Crippen molar-refractivity contribution >= 4 is 29.8 Å². The molecule has 0 aliphatic rings. The predicted octanol–water partition coefficient (Wildman–Crippen LogP) is -1.41. The summed E-state index contributed by atoms with van der Waals surface area (Å²) in [5.41, 5.74) is 8.27. The van der Waals surface area contributed by atoms with Crippen LogP contribution in [0.25, 0.3) is 0 Å². The van der Waals surface area contributed by atoms with Gasteiger partial charge in [-0.2, -0.15) is 10.4 Å². The second kappa shape index (κ2) is 5.65. The lowest BCUT2D eigenvalue weighted by molar-refractivity contribution is 0.426. The van der Waals surface area contributed by atoms with Crippen LogP contribution in [0.1, 0.15) is 0 Å². The molecule has 0 saturated carbocycles. The fourth-order valence-electron chi connectivity index (χ4n) is 0.996. The van der Waals surface area contributed by atoms with E-state index in [-0.39, 0.29) is 5.71 Å². The van der Waals surface area contributed by atoms with E-state index in [2.05, 4.69) is 10.5 Å². The number of hydrogen-bond donors (Lipinski definition) is 5. The van der Waals surface area contributed by atoms with Crippen molar-refractivity contribution in [1.29, 1.82) is 10.7 Å². The van der Waals surface area contributed by atoms with E-state index in [0.29, 0.717) is 11.2 Å². The maximum atomic E-state index is 8.86. The number of nitriles is 1.